The van der Waals surface area contributed by atoms with Gasteiger partial charge in [-0.3, -0.25) is 4.79 Å². The van der Waals surface area contributed by atoms with E-state index in [0.29, 0.717) is 16.6 Å². The van der Waals surface area contributed by atoms with Gasteiger partial charge in [0.05, 0.1) is 0 Å². The first-order valence-corrected chi connectivity index (χ1v) is 13.0. The van der Waals surface area contributed by atoms with Gasteiger partial charge in [-0.05, 0) is 82.8 Å². The van der Waals surface area contributed by atoms with E-state index in [0.717, 1.165) is 14.5 Å². The minimum atomic E-state index is -4.15. The number of hydrogen-bond acceptors (Lipinski definition) is 5. The Balaban J connectivity index is 1.78. The van der Waals surface area contributed by atoms with E-state index in [9.17, 15) is 18.5 Å². The second-order valence-electron chi connectivity index (χ2n) is 7.68. The summed E-state index contributed by atoms with van der Waals surface area (Å²) >= 11 is 2.13. The van der Waals surface area contributed by atoms with Crippen LogP contribution in [0.3, 0.4) is 0 Å². The first-order valence-electron chi connectivity index (χ1n) is 10.5. The summed E-state index contributed by atoms with van der Waals surface area (Å²) in [6.45, 7) is 1.86. The minimum Gasteiger partial charge on any atom is -0.378 e. The summed E-state index contributed by atoms with van der Waals surface area (Å²) in [6, 6.07) is 25.9. The predicted octanol–water partition coefficient (Wildman–Crippen LogP) is 6.07. The average Bonchev–Trinajstić information content (AvgIpc) is 2.83. The van der Waals surface area contributed by atoms with Crippen LogP contribution in [-0.4, -0.2) is 14.3 Å². The third-order valence-electron chi connectivity index (χ3n) is 5.18. The van der Waals surface area contributed by atoms with Gasteiger partial charge in [-0.25, -0.2) is 0 Å². The highest BCUT2D eigenvalue weighted by atomic mass is 127. The van der Waals surface area contributed by atoms with Gasteiger partial charge in [0, 0.05) is 14.8 Å². The molecule has 6 nitrogen and oxygen atoms in total. The van der Waals surface area contributed by atoms with Crippen molar-refractivity contribution in [1.29, 1.82) is 5.26 Å². The first-order chi connectivity index (χ1) is 16.8. The van der Waals surface area contributed by atoms with Gasteiger partial charge in [0.15, 0.2) is 5.75 Å². The van der Waals surface area contributed by atoms with Crippen LogP contribution < -0.4 is 9.50 Å². The van der Waals surface area contributed by atoms with Crippen molar-refractivity contribution in [1.82, 2.24) is 0 Å². The molecule has 0 saturated heterocycles. The Kier molecular flexibility index (Phi) is 7.19. The summed E-state index contributed by atoms with van der Waals surface area (Å²) in [5.41, 5.74) is 1.57. The Bertz CT molecular complexity index is 1600. The van der Waals surface area contributed by atoms with E-state index in [2.05, 4.69) is 27.9 Å². The molecule has 0 bridgehead atoms. The number of nitrogens with zero attached hydrogens (tertiary/aromatic N) is 1. The topological polar surface area (TPSA) is 96.3 Å². The zero-order valence-corrected chi connectivity index (χ0v) is 21.5. The molecule has 4 rings (SSSR count). The fourth-order valence-corrected chi connectivity index (χ4v) is 4.92. The third-order valence-corrected chi connectivity index (χ3v) is 7.10. The maximum atomic E-state index is 13.0. The number of nitriles is 1. The molecule has 0 unspecified atom stereocenters. The van der Waals surface area contributed by atoms with E-state index in [-0.39, 0.29) is 16.2 Å². The van der Waals surface area contributed by atoms with Gasteiger partial charge in [0.1, 0.15) is 16.5 Å². The van der Waals surface area contributed by atoms with Crippen molar-refractivity contribution in [2.75, 3.05) is 5.32 Å². The summed E-state index contributed by atoms with van der Waals surface area (Å²) in [7, 11) is -4.15. The quantitative estimate of drug-likeness (QED) is 0.127. The number of anilines is 1. The van der Waals surface area contributed by atoms with Crippen molar-refractivity contribution in [3.63, 3.8) is 0 Å². The minimum absolute atomic E-state index is 0.00289. The van der Waals surface area contributed by atoms with Crippen LogP contribution in [0.4, 0.5) is 5.69 Å². The van der Waals surface area contributed by atoms with Crippen LogP contribution >= 0.6 is 22.6 Å². The monoisotopic (exact) mass is 594 g/mol. The molecule has 0 spiro atoms. The summed E-state index contributed by atoms with van der Waals surface area (Å²) in [4.78, 5) is 12.9. The van der Waals surface area contributed by atoms with Crippen LogP contribution in [0, 0.1) is 21.8 Å². The molecular formula is C27H19IN2O4S. The molecular weight excluding hydrogens is 575 g/mol. The molecule has 0 atom stereocenters. The van der Waals surface area contributed by atoms with Gasteiger partial charge in [-0.15, -0.1) is 0 Å². The Hall–Kier alpha value is -3.68. The molecule has 0 saturated carbocycles. The van der Waals surface area contributed by atoms with Gasteiger partial charge in [-0.2, -0.15) is 13.7 Å². The molecule has 4 aromatic rings. The van der Waals surface area contributed by atoms with Crippen molar-refractivity contribution in [2.24, 2.45) is 0 Å². The van der Waals surface area contributed by atoms with Gasteiger partial charge in [0.2, 0.25) is 0 Å². The molecule has 0 aliphatic heterocycles. The maximum absolute atomic E-state index is 13.0. The lowest BCUT2D eigenvalue weighted by atomic mass is 10.0. The Morgan fingerprint density at radius 3 is 2.46 bits per heavy atom. The molecule has 0 aliphatic carbocycles. The average molecular weight is 594 g/mol. The Morgan fingerprint density at radius 2 is 1.74 bits per heavy atom. The normalized spacial score (nSPS) is 11.6. The number of fused-ring (bicyclic) bond motifs is 1. The Labute approximate surface area is 217 Å². The highest BCUT2D eigenvalue weighted by Gasteiger charge is 2.20. The molecule has 1 amide bonds. The number of carbonyl (C=O) groups excluding carboxylic acids is 1. The SMILES string of the molecule is Cc1ccc(S(=O)(=O)Oc2ccc3ccccc3c2/C=C(\C#N)C(=O)Nc2cccc(I)c2)cc1. The number of nitrogens with one attached hydrogen (secondary N) is 1. The highest BCUT2D eigenvalue weighted by Crippen LogP contribution is 2.32. The lowest BCUT2D eigenvalue weighted by Gasteiger charge is -2.13. The van der Waals surface area contributed by atoms with E-state index in [4.69, 9.17) is 4.18 Å². The number of amides is 1. The molecule has 1 N–H and O–H groups in total. The second-order valence-corrected chi connectivity index (χ2v) is 10.5. The molecule has 174 valence electrons. The summed E-state index contributed by atoms with van der Waals surface area (Å²) < 4.78 is 32.4. The van der Waals surface area contributed by atoms with Gasteiger partial charge in [0.25, 0.3) is 5.91 Å². The second kappa shape index (κ2) is 10.3. The number of rotatable bonds is 6. The number of benzene rings is 4. The van der Waals surface area contributed by atoms with Gasteiger partial charge in [-0.1, -0.05) is 54.1 Å². The zero-order chi connectivity index (χ0) is 25.0. The predicted molar refractivity (Wildman–Crippen MR) is 144 cm³/mol. The number of hydrogen-bond donors (Lipinski definition) is 1. The smallest absolute Gasteiger partial charge is 0.339 e. The van der Waals surface area contributed by atoms with Crippen molar-refractivity contribution in [2.45, 2.75) is 11.8 Å². The van der Waals surface area contributed by atoms with Gasteiger partial charge < -0.3 is 9.50 Å². The zero-order valence-electron chi connectivity index (χ0n) is 18.5. The Morgan fingerprint density at radius 1 is 1.00 bits per heavy atom. The molecule has 0 fully saturated rings. The van der Waals surface area contributed by atoms with E-state index in [1.54, 1.807) is 48.5 Å². The van der Waals surface area contributed by atoms with E-state index >= 15 is 0 Å². The van der Waals surface area contributed by atoms with E-state index < -0.39 is 16.0 Å². The molecule has 4 aromatic carbocycles. The van der Waals surface area contributed by atoms with Crippen LogP contribution in [-0.2, 0) is 14.9 Å². The number of carbonyl (C=O) groups is 1. The molecule has 0 heterocycles. The molecule has 0 aliphatic rings. The van der Waals surface area contributed by atoms with Crippen molar-refractivity contribution in [3.8, 4) is 11.8 Å². The third kappa shape index (κ3) is 5.70. The van der Waals surface area contributed by atoms with E-state index in [1.807, 2.05) is 31.2 Å². The van der Waals surface area contributed by atoms with Gasteiger partial charge >= 0.3 is 10.1 Å². The summed E-state index contributed by atoms with van der Waals surface area (Å²) in [5, 5.41) is 13.9. The summed E-state index contributed by atoms with van der Waals surface area (Å²) in [6.07, 6.45) is 1.35. The number of aryl methyl sites for hydroxylation is 1. The van der Waals surface area contributed by atoms with Crippen molar-refractivity contribution in [3.05, 3.63) is 105 Å². The maximum Gasteiger partial charge on any atom is 0.339 e. The first kappa shape index (κ1) is 24.4. The fourth-order valence-electron chi connectivity index (χ4n) is 3.43. The van der Waals surface area contributed by atoms with Crippen LogP contribution in [0.25, 0.3) is 16.8 Å². The lowest BCUT2D eigenvalue weighted by molar-refractivity contribution is -0.112. The van der Waals surface area contributed by atoms with Crippen LogP contribution in [0.5, 0.6) is 5.75 Å². The van der Waals surface area contributed by atoms with Crippen molar-refractivity contribution < 1.29 is 17.4 Å². The van der Waals surface area contributed by atoms with Crippen molar-refractivity contribution >= 4 is 61.2 Å². The number of halogens is 1. The largest absolute Gasteiger partial charge is 0.378 e. The molecule has 0 aromatic heterocycles. The van der Waals surface area contributed by atoms with Crippen LogP contribution in [0.1, 0.15) is 11.1 Å². The van der Waals surface area contributed by atoms with Crippen LogP contribution in [0.2, 0.25) is 0 Å². The molecule has 8 heteroatoms. The van der Waals surface area contributed by atoms with E-state index in [1.165, 1.54) is 24.3 Å². The summed E-state index contributed by atoms with van der Waals surface area (Å²) in [5.74, 6) is -0.603. The fraction of sp³-hybridized carbons (Fsp3) is 0.0370. The lowest BCUT2D eigenvalue weighted by Crippen LogP contribution is -2.14. The standard InChI is InChI=1S/C27H19IN2O4S/c1-18-9-12-23(13-10-18)35(32,33)34-26-14-11-19-5-2-3-8-24(19)25(26)15-20(17-29)27(31)30-22-7-4-6-21(28)16-22/h2-16H,1H3,(H,30,31)/b20-15+. The highest BCUT2D eigenvalue weighted by molar-refractivity contribution is 14.1. The molecule has 0 radical (unpaired) electrons. The molecule has 35 heavy (non-hydrogen) atoms. The van der Waals surface area contributed by atoms with Crippen LogP contribution in [0.15, 0.2) is 95.4 Å².